The molecule has 0 radical (unpaired) electrons. The van der Waals surface area contributed by atoms with E-state index in [2.05, 4.69) is 25.9 Å². The topological polar surface area (TPSA) is 177 Å². The molecule has 1 saturated heterocycles. The lowest BCUT2D eigenvalue weighted by Crippen LogP contribution is -2.59. The first-order chi connectivity index (χ1) is 27.9. The number of rotatable bonds is 16. The molecule has 5 amide bonds. The summed E-state index contributed by atoms with van der Waals surface area (Å²) in [5, 5.41) is 30.3. The Hall–Kier alpha value is -5.82. The van der Waals surface area contributed by atoms with Gasteiger partial charge in [0.15, 0.2) is 0 Å². The molecule has 5 rings (SSSR count). The van der Waals surface area contributed by atoms with Crippen molar-refractivity contribution in [2.75, 3.05) is 13.1 Å². The Morgan fingerprint density at radius 1 is 0.763 bits per heavy atom. The fourth-order valence-corrected chi connectivity index (χ4v) is 7.65. The van der Waals surface area contributed by atoms with E-state index < -0.39 is 53.1 Å². The van der Waals surface area contributed by atoms with E-state index in [4.69, 9.17) is 0 Å². The summed E-state index contributed by atoms with van der Waals surface area (Å²) in [5.41, 5.74) is 3.65. The summed E-state index contributed by atoms with van der Waals surface area (Å²) in [6.45, 7) is 14.1. The van der Waals surface area contributed by atoms with E-state index in [1.165, 1.54) is 0 Å². The zero-order valence-corrected chi connectivity index (χ0v) is 35.2. The first kappa shape index (κ1) is 44.3. The average Bonchev–Trinajstić information content (AvgIpc) is 3.51. The van der Waals surface area contributed by atoms with E-state index >= 15 is 0 Å². The number of carbonyl (C=O) groups is 4. The molecule has 3 heterocycles. The molecule has 4 aromatic rings. The summed E-state index contributed by atoms with van der Waals surface area (Å²) >= 11 is 0. The van der Waals surface area contributed by atoms with Crippen LogP contribution in [0, 0.1) is 17.8 Å². The number of nitrogens with one attached hydrogen (secondary N) is 3. The average molecular weight is 806 g/mol. The van der Waals surface area contributed by atoms with Crippen molar-refractivity contribution in [1.29, 1.82) is 0 Å². The number of pyridine rings is 2. The van der Waals surface area contributed by atoms with Gasteiger partial charge in [0.1, 0.15) is 12.1 Å². The van der Waals surface area contributed by atoms with Gasteiger partial charge in [-0.1, -0.05) is 108 Å². The Kier molecular flexibility index (Phi) is 14.5. The van der Waals surface area contributed by atoms with Crippen LogP contribution in [0.4, 0.5) is 9.59 Å². The number of carbonyl (C=O) groups excluding carboxylic acids is 3. The van der Waals surface area contributed by atoms with Gasteiger partial charge in [-0.3, -0.25) is 19.6 Å². The standard InChI is InChI=1S/C46H59N7O6/c1-30-14-13-17-34(48-30)29-52-24-25-53(44(52)59)40(46(5,6)7)42(56)49-35(26-31-15-9-8-10-16-31)28-38(54)37(50-41(55)39(45(2,3)4)51-43(57)58)27-32-19-21-33(22-20-32)36-18-11-12-23-47-36/h8-23,35,37-40,51,54H,24-29H2,1-7H3,(H,49,56)(H,50,55)(H,57,58)/t35-,37-,38-,39+,40+/m0/s1. The van der Waals surface area contributed by atoms with Crippen LogP contribution in [-0.2, 0) is 29.0 Å². The zero-order chi connectivity index (χ0) is 42.9. The number of amides is 5. The Labute approximate surface area is 347 Å². The first-order valence-corrected chi connectivity index (χ1v) is 20.2. The van der Waals surface area contributed by atoms with Gasteiger partial charge >= 0.3 is 12.1 Å². The first-order valence-electron chi connectivity index (χ1n) is 20.2. The third-order valence-electron chi connectivity index (χ3n) is 10.6. The van der Waals surface area contributed by atoms with E-state index in [1.807, 2.05) is 119 Å². The van der Waals surface area contributed by atoms with Crippen molar-refractivity contribution in [3.05, 3.63) is 120 Å². The van der Waals surface area contributed by atoms with Gasteiger partial charge in [0, 0.05) is 36.6 Å². The van der Waals surface area contributed by atoms with Gasteiger partial charge in [0.05, 0.1) is 30.1 Å². The van der Waals surface area contributed by atoms with Crippen molar-refractivity contribution in [1.82, 2.24) is 35.7 Å². The molecular weight excluding hydrogens is 747 g/mol. The van der Waals surface area contributed by atoms with Crippen molar-refractivity contribution >= 4 is 23.9 Å². The van der Waals surface area contributed by atoms with Gasteiger partial charge < -0.3 is 36.0 Å². The predicted molar refractivity (Wildman–Crippen MR) is 227 cm³/mol. The molecule has 0 spiro atoms. The van der Waals surface area contributed by atoms with Crippen LogP contribution in [-0.4, -0.2) is 97.3 Å². The van der Waals surface area contributed by atoms with Crippen LogP contribution in [0.3, 0.4) is 0 Å². The maximum atomic E-state index is 14.5. The molecule has 0 bridgehead atoms. The van der Waals surface area contributed by atoms with E-state index in [0.717, 1.165) is 33.8 Å². The van der Waals surface area contributed by atoms with E-state index in [0.29, 0.717) is 26.1 Å². The van der Waals surface area contributed by atoms with Gasteiger partial charge in [0.25, 0.3) is 0 Å². The minimum Gasteiger partial charge on any atom is -0.465 e. The van der Waals surface area contributed by atoms with Crippen LogP contribution in [0.1, 0.15) is 70.5 Å². The fourth-order valence-electron chi connectivity index (χ4n) is 7.65. The lowest BCUT2D eigenvalue weighted by atomic mass is 9.84. The monoisotopic (exact) mass is 805 g/mol. The third kappa shape index (κ3) is 12.3. The number of aliphatic hydroxyl groups excluding tert-OH is 1. The second-order valence-corrected chi connectivity index (χ2v) is 17.6. The Bertz CT molecular complexity index is 2030. The molecule has 1 aliphatic rings. The van der Waals surface area contributed by atoms with Crippen molar-refractivity contribution in [2.45, 2.75) is 105 Å². The zero-order valence-electron chi connectivity index (χ0n) is 35.2. The number of aromatic nitrogens is 2. The molecule has 1 aliphatic heterocycles. The van der Waals surface area contributed by atoms with E-state index in [1.54, 1.807) is 36.8 Å². The number of hydrogen-bond donors (Lipinski definition) is 5. The molecule has 1 fully saturated rings. The van der Waals surface area contributed by atoms with Gasteiger partial charge in [-0.2, -0.15) is 0 Å². The maximum Gasteiger partial charge on any atom is 0.405 e. The molecule has 0 saturated carbocycles. The van der Waals surface area contributed by atoms with Crippen LogP contribution in [0.2, 0.25) is 0 Å². The highest BCUT2D eigenvalue weighted by Crippen LogP contribution is 2.29. The summed E-state index contributed by atoms with van der Waals surface area (Å²) in [7, 11) is 0. The lowest BCUT2D eigenvalue weighted by Gasteiger charge is -2.38. The highest BCUT2D eigenvalue weighted by molar-refractivity contribution is 5.89. The molecule has 0 unspecified atom stereocenters. The number of aliphatic hydroxyl groups is 1. The summed E-state index contributed by atoms with van der Waals surface area (Å²) in [6.07, 6.45) is -0.187. The number of carboxylic acid groups (broad SMARTS) is 1. The summed E-state index contributed by atoms with van der Waals surface area (Å²) < 4.78 is 0. The molecule has 13 nitrogen and oxygen atoms in total. The summed E-state index contributed by atoms with van der Waals surface area (Å²) in [4.78, 5) is 66.5. The largest absolute Gasteiger partial charge is 0.465 e. The molecule has 0 aliphatic carbocycles. The van der Waals surface area contributed by atoms with Gasteiger partial charge in [-0.05, 0) is 72.4 Å². The number of nitrogens with zero attached hydrogens (tertiary/aromatic N) is 4. The predicted octanol–water partition coefficient (Wildman–Crippen LogP) is 5.99. The highest BCUT2D eigenvalue weighted by atomic mass is 16.4. The second-order valence-electron chi connectivity index (χ2n) is 17.6. The van der Waals surface area contributed by atoms with E-state index in [9.17, 15) is 29.4 Å². The normalized spacial score (nSPS) is 15.8. The van der Waals surface area contributed by atoms with Gasteiger partial charge in [0.2, 0.25) is 11.8 Å². The second kappa shape index (κ2) is 19.3. The Morgan fingerprint density at radius 2 is 1.44 bits per heavy atom. The van der Waals surface area contributed by atoms with Crippen LogP contribution >= 0.6 is 0 Å². The lowest BCUT2D eigenvalue weighted by molar-refractivity contribution is -0.130. The molecule has 59 heavy (non-hydrogen) atoms. The smallest absolute Gasteiger partial charge is 0.405 e. The number of aryl methyl sites for hydroxylation is 1. The minimum absolute atomic E-state index is 0.0418. The number of urea groups is 1. The SMILES string of the molecule is Cc1cccc(CN2CCN([C@H](C(=O)N[C@@H](Cc3ccccc3)C[C@H](O)[C@H](Cc3ccc(-c4ccccn4)cc3)NC(=O)[C@@H](NC(=O)O)C(C)(C)C)C(C)(C)C)C2=O)n1. The molecule has 2 aromatic heterocycles. The van der Waals surface area contributed by atoms with E-state index in [-0.39, 0.29) is 24.8 Å². The Morgan fingerprint density at radius 3 is 2.05 bits per heavy atom. The minimum atomic E-state index is -1.34. The van der Waals surface area contributed by atoms with Crippen molar-refractivity contribution in [3.8, 4) is 11.3 Å². The number of hydrogen-bond acceptors (Lipinski definition) is 7. The van der Waals surface area contributed by atoms with Gasteiger partial charge in [-0.25, -0.2) is 9.59 Å². The summed E-state index contributed by atoms with van der Waals surface area (Å²) in [5.74, 6) is -0.929. The Balaban J connectivity index is 1.41. The quantitative estimate of drug-likeness (QED) is 0.0917. The molecule has 314 valence electrons. The van der Waals surface area contributed by atoms with Crippen molar-refractivity contribution in [3.63, 3.8) is 0 Å². The number of benzene rings is 2. The molecule has 5 N–H and O–H groups in total. The molecular formula is C46H59N7O6. The van der Waals surface area contributed by atoms with Crippen LogP contribution in [0.15, 0.2) is 97.2 Å². The van der Waals surface area contributed by atoms with Crippen molar-refractivity contribution < 1.29 is 29.4 Å². The third-order valence-corrected chi connectivity index (χ3v) is 10.6. The summed E-state index contributed by atoms with van der Waals surface area (Å²) in [6, 6.07) is 25.0. The highest BCUT2D eigenvalue weighted by Gasteiger charge is 2.44. The molecule has 13 heteroatoms. The fraction of sp³-hybridized carbons (Fsp3) is 0.435. The molecule has 2 aromatic carbocycles. The van der Waals surface area contributed by atoms with Crippen molar-refractivity contribution in [2.24, 2.45) is 10.8 Å². The van der Waals surface area contributed by atoms with Crippen LogP contribution in [0.25, 0.3) is 11.3 Å². The molecule has 5 atom stereocenters. The van der Waals surface area contributed by atoms with Crippen LogP contribution in [0.5, 0.6) is 0 Å². The maximum absolute atomic E-state index is 14.5. The van der Waals surface area contributed by atoms with Gasteiger partial charge in [-0.15, -0.1) is 0 Å². The van der Waals surface area contributed by atoms with Crippen LogP contribution < -0.4 is 16.0 Å².